The Balaban J connectivity index is 1.54. The first-order valence-corrected chi connectivity index (χ1v) is 8.73. The first kappa shape index (κ1) is 14.3. The van der Waals surface area contributed by atoms with Crippen molar-refractivity contribution in [3.05, 3.63) is 47.2 Å². The van der Waals surface area contributed by atoms with Gasteiger partial charge in [-0.05, 0) is 17.4 Å². The molecule has 0 aliphatic carbocycles. The third-order valence-electron chi connectivity index (χ3n) is 4.13. The molecule has 4 rings (SSSR count). The maximum absolute atomic E-state index is 12.4. The molecule has 1 aromatic carbocycles. The zero-order valence-corrected chi connectivity index (χ0v) is 13.6. The summed E-state index contributed by atoms with van der Waals surface area (Å²) in [5, 5.41) is 2.79. The standard InChI is InChI=1S/C16H17N5OS/c1-23-16-18-15-17-13-7-14(22)20(8-11-5-3-2-4-6-11)9-12(13)10-21(15)19-16/h2-6H,7-10H2,1H3,(H,17,18,19). The van der Waals surface area contributed by atoms with Crippen LogP contribution in [0.1, 0.15) is 12.0 Å². The zero-order chi connectivity index (χ0) is 15.8. The molecule has 0 unspecified atom stereocenters. The van der Waals surface area contributed by atoms with Gasteiger partial charge in [0.15, 0.2) is 5.17 Å². The lowest BCUT2D eigenvalue weighted by molar-refractivity contribution is -0.131. The van der Waals surface area contributed by atoms with E-state index in [1.807, 2.05) is 34.4 Å². The second kappa shape index (κ2) is 5.73. The van der Waals surface area contributed by atoms with Gasteiger partial charge in [0.2, 0.25) is 11.9 Å². The smallest absolute Gasteiger partial charge is 0.247 e. The van der Waals surface area contributed by atoms with Crippen LogP contribution in [-0.4, -0.2) is 46.3 Å². The van der Waals surface area contributed by atoms with E-state index < -0.39 is 0 Å². The van der Waals surface area contributed by atoms with Gasteiger partial charge < -0.3 is 4.90 Å². The van der Waals surface area contributed by atoms with E-state index in [1.54, 1.807) is 11.8 Å². The molecular weight excluding hydrogens is 310 g/mol. The number of fused-ring (bicyclic) bond motifs is 1. The van der Waals surface area contributed by atoms with Gasteiger partial charge in [0.25, 0.3) is 0 Å². The molecule has 3 aliphatic rings. The Kier molecular flexibility index (Phi) is 3.57. The van der Waals surface area contributed by atoms with Crippen molar-refractivity contribution >= 4 is 28.8 Å². The molecule has 23 heavy (non-hydrogen) atoms. The van der Waals surface area contributed by atoms with E-state index >= 15 is 0 Å². The summed E-state index contributed by atoms with van der Waals surface area (Å²) in [6.45, 7) is 2.00. The van der Waals surface area contributed by atoms with E-state index in [9.17, 15) is 4.79 Å². The molecule has 0 bridgehead atoms. The Bertz CT molecular complexity index is 740. The van der Waals surface area contributed by atoms with E-state index in [1.165, 1.54) is 5.57 Å². The van der Waals surface area contributed by atoms with Gasteiger partial charge in [-0.3, -0.25) is 10.2 Å². The van der Waals surface area contributed by atoms with E-state index in [0.29, 0.717) is 25.5 Å². The van der Waals surface area contributed by atoms with Crippen molar-refractivity contribution in [1.82, 2.24) is 15.3 Å². The molecule has 0 saturated heterocycles. The number of benzene rings is 1. The van der Waals surface area contributed by atoms with Crippen LogP contribution in [0.5, 0.6) is 0 Å². The van der Waals surface area contributed by atoms with Gasteiger partial charge in [-0.1, -0.05) is 42.1 Å². The van der Waals surface area contributed by atoms with Gasteiger partial charge in [0, 0.05) is 13.1 Å². The van der Waals surface area contributed by atoms with Crippen LogP contribution < -0.4 is 5.43 Å². The average Bonchev–Trinajstić information content (AvgIpc) is 2.96. The average molecular weight is 327 g/mol. The first-order chi connectivity index (χ1) is 11.2. The molecule has 118 valence electrons. The van der Waals surface area contributed by atoms with Crippen LogP contribution in [0, 0.1) is 0 Å². The molecule has 1 aromatic rings. The quantitative estimate of drug-likeness (QED) is 0.896. The maximum Gasteiger partial charge on any atom is 0.247 e. The van der Waals surface area contributed by atoms with E-state index in [2.05, 4.69) is 27.5 Å². The third-order valence-corrected chi connectivity index (χ3v) is 4.70. The predicted octanol–water partition coefficient (Wildman–Crippen LogP) is 1.58. The Morgan fingerprint density at radius 1 is 1.22 bits per heavy atom. The molecule has 0 radical (unpaired) electrons. The van der Waals surface area contributed by atoms with Gasteiger partial charge in [-0.2, -0.15) is 4.99 Å². The van der Waals surface area contributed by atoms with E-state index in [0.717, 1.165) is 23.0 Å². The molecule has 0 fully saturated rings. The molecule has 6 nitrogen and oxygen atoms in total. The number of hydrogen-bond donors (Lipinski definition) is 1. The fourth-order valence-electron chi connectivity index (χ4n) is 2.94. The molecule has 0 saturated carbocycles. The van der Waals surface area contributed by atoms with Gasteiger partial charge in [-0.15, -0.1) is 0 Å². The summed E-state index contributed by atoms with van der Waals surface area (Å²) < 4.78 is 0. The van der Waals surface area contributed by atoms with E-state index in [-0.39, 0.29) is 5.91 Å². The number of thioether (sulfide) groups is 1. The second-order valence-corrected chi connectivity index (χ2v) is 6.49. The number of amides is 1. The summed E-state index contributed by atoms with van der Waals surface area (Å²) in [5.74, 6) is 0.794. The lowest BCUT2D eigenvalue weighted by Gasteiger charge is -2.34. The molecule has 3 heterocycles. The first-order valence-electron chi connectivity index (χ1n) is 7.51. The summed E-state index contributed by atoms with van der Waals surface area (Å²) in [6, 6.07) is 10.1. The fourth-order valence-corrected chi connectivity index (χ4v) is 3.31. The number of nitrogens with one attached hydrogen (secondary N) is 1. The highest BCUT2D eigenvalue weighted by atomic mass is 32.2. The minimum absolute atomic E-state index is 0.130. The Morgan fingerprint density at radius 2 is 2.04 bits per heavy atom. The molecule has 0 spiro atoms. The predicted molar refractivity (Wildman–Crippen MR) is 91.7 cm³/mol. The number of hydrogen-bond acceptors (Lipinski definition) is 6. The van der Waals surface area contributed by atoms with Gasteiger partial charge >= 0.3 is 0 Å². The minimum atomic E-state index is 0.130. The van der Waals surface area contributed by atoms with Gasteiger partial charge in [0.1, 0.15) is 0 Å². The fraction of sp³-hybridized carbons (Fsp3) is 0.312. The number of carbonyl (C=O) groups excluding carboxylic acids is 1. The molecular formula is C16H17N5OS. The van der Waals surface area contributed by atoms with Crippen molar-refractivity contribution in [1.29, 1.82) is 0 Å². The molecule has 0 atom stereocenters. The number of nitrogens with zero attached hydrogens (tertiary/aromatic N) is 4. The Labute approximate surface area is 138 Å². The van der Waals surface area contributed by atoms with Gasteiger partial charge in [0.05, 0.1) is 18.7 Å². The summed E-state index contributed by atoms with van der Waals surface area (Å²) >= 11 is 1.56. The molecule has 3 aliphatic heterocycles. The van der Waals surface area contributed by atoms with Crippen LogP contribution in [0.25, 0.3) is 0 Å². The van der Waals surface area contributed by atoms with Crippen molar-refractivity contribution in [2.24, 2.45) is 9.98 Å². The van der Waals surface area contributed by atoms with Gasteiger partial charge in [-0.25, -0.2) is 10.0 Å². The van der Waals surface area contributed by atoms with Crippen LogP contribution in [0.15, 0.2) is 51.6 Å². The monoisotopic (exact) mass is 327 g/mol. The Morgan fingerprint density at radius 3 is 2.83 bits per heavy atom. The lowest BCUT2D eigenvalue weighted by Crippen LogP contribution is -2.46. The van der Waals surface area contributed by atoms with Crippen LogP contribution >= 0.6 is 11.8 Å². The van der Waals surface area contributed by atoms with Crippen LogP contribution in [0.2, 0.25) is 0 Å². The topological polar surface area (TPSA) is 60.3 Å². The maximum atomic E-state index is 12.4. The Hall–Kier alpha value is -2.28. The molecule has 1 amide bonds. The van der Waals surface area contributed by atoms with Crippen molar-refractivity contribution in [3.8, 4) is 0 Å². The summed E-state index contributed by atoms with van der Waals surface area (Å²) in [5.41, 5.74) is 6.46. The lowest BCUT2D eigenvalue weighted by atomic mass is 10.0. The number of aliphatic imine (C=N–C) groups is 2. The molecule has 0 aromatic heterocycles. The number of carbonyl (C=O) groups is 1. The van der Waals surface area contributed by atoms with Crippen LogP contribution in [0.3, 0.4) is 0 Å². The highest BCUT2D eigenvalue weighted by molar-refractivity contribution is 8.13. The van der Waals surface area contributed by atoms with Crippen molar-refractivity contribution in [3.63, 3.8) is 0 Å². The largest absolute Gasteiger partial charge is 0.334 e. The van der Waals surface area contributed by atoms with Crippen molar-refractivity contribution < 1.29 is 4.79 Å². The van der Waals surface area contributed by atoms with Crippen LogP contribution in [-0.2, 0) is 11.3 Å². The minimum Gasteiger partial charge on any atom is -0.334 e. The highest BCUT2D eigenvalue weighted by Crippen LogP contribution is 2.27. The molecule has 7 heteroatoms. The molecule has 1 N–H and O–H groups in total. The number of hydrazine groups is 1. The van der Waals surface area contributed by atoms with Crippen molar-refractivity contribution in [2.75, 3.05) is 19.3 Å². The van der Waals surface area contributed by atoms with Crippen molar-refractivity contribution in [2.45, 2.75) is 13.0 Å². The SMILES string of the molecule is CSC1=NC2=NC3=C(CN(Cc4ccccc4)C(=O)C3)CN2N1. The summed E-state index contributed by atoms with van der Waals surface area (Å²) in [6.07, 6.45) is 2.34. The number of amidine groups is 1. The second-order valence-electron chi connectivity index (χ2n) is 5.69. The highest BCUT2D eigenvalue weighted by Gasteiger charge is 2.33. The van der Waals surface area contributed by atoms with E-state index in [4.69, 9.17) is 0 Å². The van der Waals surface area contributed by atoms with Crippen LogP contribution in [0.4, 0.5) is 0 Å². The normalized spacial score (nSPS) is 20.0. The number of rotatable bonds is 2. The number of guanidine groups is 1. The summed E-state index contributed by atoms with van der Waals surface area (Å²) in [7, 11) is 0. The zero-order valence-electron chi connectivity index (χ0n) is 12.8. The summed E-state index contributed by atoms with van der Waals surface area (Å²) in [4.78, 5) is 23.3. The third kappa shape index (κ3) is 2.72.